The molecule has 1 aliphatic rings. The number of nitrogens with one attached hydrogen (secondary N) is 1. The van der Waals surface area contributed by atoms with Gasteiger partial charge in [0, 0.05) is 37.2 Å². The lowest BCUT2D eigenvalue weighted by Crippen LogP contribution is -2.48. The first kappa shape index (κ1) is 14.4. The molecule has 1 fully saturated rings. The van der Waals surface area contributed by atoms with Gasteiger partial charge < -0.3 is 14.6 Å². The Morgan fingerprint density at radius 3 is 2.68 bits per heavy atom. The quantitative estimate of drug-likeness (QED) is 0.945. The third-order valence-corrected chi connectivity index (χ3v) is 3.91. The highest BCUT2D eigenvalue weighted by Crippen LogP contribution is 2.20. The number of benzene rings is 1. The Kier molecular flexibility index (Phi) is 3.96. The predicted molar refractivity (Wildman–Crippen MR) is 82.3 cm³/mol. The second-order valence-corrected chi connectivity index (χ2v) is 5.54. The Morgan fingerprint density at radius 2 is 2.05 bits per heavy atom. The highest BCUT2D eigenvalue weighted by molar-refractivity contribution is 5.95. The lowest BCUT2D eigenvalue weighted by molar-refractivity contribution is -0.132. The Balaban J connectivity index is 1.64. The summed E-state index contributed by atoms with van der Waals surface area (Å²) in [7, 11) is 1.76. The molecule has 1 aliphatic heterocycles. The number of likely N-dealkylation sites (N-methyl/N-ethyl adjacent to an activating group) is 1. The lowest BCUT2D eigenvalue weighted by atomic mass is 10.0. The minimum Gasteiger partial charge on any atom is -0.464 e. The number of amides is 2. The van der Waals surface area contributed by atoms with E-state index < -0.39 is 0 Å². The van der Waals surface area contributed by atoms with Crippen molar-refractivity contribution in [3.63, 3.8) is 0 Å². The van der Waals surface area contributed by atoms with Crippen LogP contribution in [-0.4, -0.2) is 36.3 Å². The van der Waals surface area contributed by atoms with Gasteiger partial charge in [0.1, 0.15) is 5.76 Å². The summed E-state index contributed by atoms with van der Waals surface area (Å²) >= 11 is 0. The first-order valence-electron chi connectivity index (χ1n) is 7.32. The smallest absolute Gasteiger partial charge is 0.251 e. The molecule has 0 aliphatic carbocycles. The molecule has 1 N–H and O–H groups in total. The fourth-order valence-corrected chi connectivity index (χ4v) is 2.63. The number of carbonyl (C=O) groups excluding carboxylic acids is 2. The Bertz CT molecular complexity index is 662. The van der Waals surface area contributed by atoms with Crippen molar-refractivity contribution in [2.75, 3.05) is 13.6 Å². The third-order valence-electron chi connectivity index (χ3n) is 3.91. The molecule has 2 amide bonds. The van der Waals surface area contributed by atoms with Gasteiger partial charge in [0.05, 0.1) is 6.26 Å². The van der Waals surface area contributed by atoms with E-state index in [2.05, 4.69) is 5.32 Å². The summed E-state index contributed by atoms with van der Waals surface area (Å²) in [5.74, 6) is 0.798. The fourth-order valence-electron chi connectivity index (χ4n) is 2.63. The second kappa shape index (κ2) is 6.05. The van der Waals surface area contributed by atoms with Gasteiger partial charge in [0.2, 0.25) is 5.91 Å². The van der Waals surface area contributed by atoms with Crippen LogP contribution in [0.1, 0.15) is 23.2 Å². The second-order valence-electron chi connectivity index (χ2n) is 5.54. The zero-order valence-corrected chi connectivity index (χ0v) is 12.4. The van der Waals surface area contributed by atoms with Gasteiger partial charge in [-0.2, -0.15) is 0 Å². The SMILES string of the molecule is CN1C[C@H](NC(=O)c2ccc(-c3ccco3)cc2)CCC1=O. The molecule has 3 rings (SSSR count). The van der Waals surface area contributed by atoms with Gasteiger partial charge in [-0.15, -0.1) is 0 Å². The van der Waals surface area contributed by atoms with Gasteiger partial charge in [-0.3, -0.25) is 9.59 Å². The van der Waals surface area contributed by atoms with Gasteiger partial charge >= 0.3 is 0 Å². The number of piperidine rings is 1. The maximum absolute atomic E-state index is 12.3. The molecule has 5 nitrogen and oxygen atoms in total. The van der Waals surface area contributed by atoms with Crippen LogP contribution in [-0.2, 0) is 4.79 Å². The molecule has 5 heteroatoms. The summed E-state index contributed by atoms with van der Waals surface area (Å²) < 4.78 is 5.33. The first-order chi connectivity index (χ1) is 10.6. The number of carbonyl (C=O) groups is 2. The van der Waals surface area contributed by atoms with Crippen LogP contribution < -0.4 is 5.32 Å². The van der Waals surface area contributed by atoms with Crippen molar-refractivity contribution in [3.8, 4) is 11.3 Å². The van der Waals surface area contributed by atoms with Crippen molar-refractivity contribution in [1.82, 2.24) is 10.2 Å². The molecule has 1 aromatic heterocycles. The van der Waals surface area contributed by atoms with Crippen LogP contribution in [0.2, 0.25) is 0 Å². The normalized spacial score (nSPS) is 18.3. The molecule has 1 atom stereocenters. The highest BCUT2D eigenvalue weighted by atomic mass is 16.3. The number of likely N-dealkylation sites (tertiary alicyclic amines) is 1. The number of hydrogen-bond donors (Lipinski definition) is 1. The zero-order valence-electron chi connectivity index (χ0n) is 12.4. The molecule has 0 unspecified atom stereocenters. The Hall–Kier alpha value is -2.56. The average Bonchev–Trinajstić information content (AvgIpc) is 3.05. The molecule has 2 heterocycles. The van der Waals surface area contributed by atoms with E-state index >= 15 is 0 Å². The third kappa shape index (κ3) is 3.03. The maximum atomic E-state index is 12.3. The molecule has 0 radical (unpaired) electrons. The lowest BCUT2D eigenvalue weighted by Gasteiger charge is -2.30. The van der Waals surface area contributed by atoms with Crippen LogP contribution in [0.25, 0.3) is 11.3 Å². The Labute approximate surface area is 128 Å². The molecule has 0 saturated carbocycles. The van der Waals surface area contributed by atoms with Gasteiger partial charge in [0.15, 0.2) is 0 Å². The molecule has 0 bridgehead atoms. The first-order valence-corrected chi connectivity index (χ1v) is 7.32. The van der Waals surface area contributed by atoms with Crippen molar-refractivity contribution in [3.05, 3.63) is 48.2 Å². The summed E-state index contributed by atoms with van der Waals surface area (Å²) in [6, 6.07) is 11.0. The van der Waals surface area contributed by atoms with Crippen LogP contribution in [0, 0.1) is 0 Å². The van der Waals surface area contributed by atoms with Crippen LogP contribution in [0.15, 0.2) is 47.1 Å². The predicted octanol–water partition coefficient (Wildman–Crippen LogP) is 2.30. The molecule has 22 heavy (non-hydrogen) atoms. The van der Waals surface area contributed by atoms with Crippen molar-refractivity contribution in [2.45, 2.75) is 18.9 Å². The van der Waals surface area contributed by atoms with Crippen LogP contribution in [0.5, 0.6) is 0 Å². The molecular weight excluding hydrogens is 280 g/mol. The number of hydrogen-bond acceptors (Lipinski definition) is 3. The molecular formula is C17H18N2O3. The standard InChI is InChI=1S/C17H18N2O3/c1-19-11-14(8-9-16(19)20)18-17(21)13-6-4-12(5-7-13)15-3-2-10-22-15/h2-7,10,14H,8-9,11H2,1H3,(H,18,21)/t14-/m1/s1. The topological polar surface area (TPSA) is 62.6 Å². The summed E-state index contributed by atoms with van der Waals surface area (Å²) in [6.45, 7) is 0.565. The van der Waals surface area contributed by atoms with Gasteiger partial charge in [0.25, 0.3) is 5.91 Å². The van der Waals surface area contributed by atoms with Crippen LogP contribution in [0.4, 0.5) is 0 Å². The molecule has 1 saturated heterocycles. The number of rotatable bonds is 3. The molecule has 1 aromatic carbocycles. The van der Waals surface area contributed by atoms with E-state index in [1.165, 1.54) is 0 Å². The highest BCUT2D eigenvalue weighted by Gasteiger charge is 2.24. The summed E-state index contributed by atoms with van der Waals surface area (Å²) in [4.78, 5) is 25.4. The van der Waals surface area contributed by atoms with E-state index in [1.807, 2.05) is 24.3 Å². The van der Waals surface area contributed by atoms with Gasteiger partial charge in [-0.25, -0.2) is 0 Å². The monoisotopic (exact) mass is 298 g/mol. The summed E-state index contributed by atoms with van der Waals surface area (Å²) in [5.41, 5.74) is 1.54. The zero-order chi connectivity index (χ0) is 15.5. The number of furan rings is 1. The summed E-state index contributed by atoms with van der Waals surface area (Å²) in [5, 5.41) is 2.98. The van der Waals surface area contributed by atoms with Crippen molar-refractivity contribution >= 4 is 11.8 Å². The maximum Gasteiger partial charge on any atom is 0.251 e. The number of nitrogens with zero attached hydrogens (tertiary/aromatic N) is 1. The Morgan fingerprint density at radius 1 is 1.27 bits per heavy atom. The van der Waals surface area contributed by atoms with Crippen LogP contribution >= 0.6 is 0 Å². The van der Waals surface area contributed by atoms with E-state index in [4.69, 9.17) is 4.42 Å². The van der Waals surface area contributed by atoms with Crippen molar-refractivity contribution in [1.29, 1.82) is 0 Å². The van der Waals surface area contributed by atoms with Crippen molar-refractivity contribution < 1.29 is 14.0 Å². The van der Waals surface area contributed by atoms with Gasteiger partial charge in [-0.1, -0.05) is 12.1 Å². The minimum atomic E-state index is -0.112. The van der Waals surface area contributed by atoms with Crippen molar-refractivity contribution in [2.24, 2.45) is 0 Å². The van der Waals surface area contributed by atoms with Gasteiger partial charge in [-0.05, 0) is 30.7 Å². The van der Waals surface area contributed by atoms with E-state index in [9.17, 15) is 9.59 Å². The van der Waals surface area contributed by atoms with Crippen LogP contribution in [0.3, 0.4) is 0 Å². The fraction of sp³-hybridized carbons (Fsp3) is 0.294. The molecule has 2 aromatic rings. The molecule has 114 valence electrons. The van der Waals surface area contributed by atoms with E-state index in [-0.39, 0.29) is 17.9 Å². The van der Waals surface area contributed by atoms with E-state index in [0.717, 1.165) is 11.3 Å². The summed E-state index contributed by atoms with van der Waals surface area (Å²) in [6.07, 6.45) is 2.80. The minimum absolute atomic E-state index is 0.0138. The average molecular weight is 298 g/mol. The van der Waals surface area contributed by atoms with E-state index in [0.29, 0.717) is 24.9 Å². The molecule has 0 spiro atoms. The van der Waals surface area contributed by atoms with E-state index in [1.54, 1.807) is 30.3 Å². The largest absolute Gasteiger partial charge is 0.464 e.